The summed E-state index contributed by atoms with van der Waals surface area (Å²) in [4.78, 5) is 40.3. The van der Waals surface area contributed by atoms with Gasteiger partial charge in [-0.15, -0.1) is 0 Å². The normalized spacial score (nSPS) is 17.4. The Hall–Kier alpha value is -4.09. The molecule has 0 aromatic carbocycles. The molecule has 0 bridgehead atoms. The molecule has 0 spiro atoms. The molecule has 1 atom stereocenters. The Balaban J connectivity index is 1.37. The monoisotopic (exact) mass is 539 g/mol. The average molecular weight is 540 g/mol. The molecule has 0 aliphatic carbocycles. The summed E-state index contributed by atoms with van der Waals surface area (Å²) in [5.41, 5.74) is 2.51. The number of fused-ring (bicyclic) bond motifs is 2. The first-order valence-electron chi connectivity index (χ1n) is 13.0. The highest BCUT2D eigenvalue weighted by Crippen LogP contribution is 2.38. The van der Waals surface area contributed by atoms with E-state index in [2.05, 4.69) is 20.2 Å². The third kappa shape index (κ3) is 5.27. The number of nitrogens with zero attached hydrogens (tertiary/aromatic N) is 6. The number of nitrogens with one attached hydrogen (secondary N) is 1. The summed E-state index contributed by atoms with van der Waals surface area (Å²) in [5.74, 6) is 0.271. The van der Waals surface area contributed by atoms with Gasteiger partial charge in [0.15, 0.2) is 5.82 Å². The molecule has 12 heteroatoms. The lowest BCUT2D eigenvalue weighted by atomic mass is 10.1. The minimum atomic E-state index is -0.572. The molecular formula is C27H34FN7O4. The van der Waals surface area contributed by atoms with Gasteiger partial charge >= 0.3 is 12.1 Å². The van der Waals surface area contributed by atoms with E-state index in [0.717, 1.165) is 16.9 Å². The van der Waals surface area contributed by atoms with Gasteiger partial charge in [0.1, 0.15) is 17.1 Å². The van der Waals surface area contributed by atoms with Crippen LogP contribution in [0.4, 0.5) is 31.2 Å². The van der Waals surface area contributed by atoms with E-state index in [0.29, 0.717) is 49.9 Å². The Morgan fingerprint density at radius 2 is 1.90 bits per heavy atom. The van der Waals surface area contributed by atoms with Gasteiger partial charge in [-0.1, -0.05) is 0 Å². The van der Waals surface area contributed by atoms with Crippen LogP contribution in [-0.4, -0.2) is 76.3 Å². The maximum absolute atomic E-state index is 14.7. The highest BCUT2D eigenvalue weighted by atomic mass is 19.1. The Morgan fingerprint density at radius 1 is 1.13 bits per heavy atom. The van der Waals surface area contributed by atoms with Gasteiger partial charge in [-0.2, -0.15) is 4.98 Å². The number of methoxy groups -OCH3 is 1. The van der Waals surface area contributed by atoms with Crippen molar-refractivity contribution in [1.82, 2.24) is 19.3 Å². The number of rotatable bonds is 3. The highest BCUT2D eigenvalue weighted by molar-refractivity contribution is 6.03. The number of hydrogen-bond donors (Lipinski definition) is 1. The molecule has 1 N–H and O–H groups in total. The molecule has 1 saturated heterocycles. The van der Waals surface area contributed by atoms with Gasteiger partial charge in [0, 0.05) is 68.0 Å². The molecule has 5 heterocycles. The van der Waals surface area contributed by atoms with Crippen molar-refractivity contribution in [2.75, 3.05) is 48.4 Å². The van der Waals surface area contributed by atoms with Crippen LogP contribution >= 0.6 is 0 Å². The largest absolute Gasteiger partial charge is 0.481 e. The van der Waals surface area contributed by atoms with Crippen LogP contribution in [0.5, 0.6) is 5.88 Å². The lowest BCUT2D eigenvalue weighted by molar-refractivity contribution is 0.0159. The minimum absolute atomic E-state index is 0.0496. The van der Waals surface area contributed by atoms with Crippen LogP contribution in [0.25, 0.3) is 5.65 Å². The van der Waals surface area contributed by atoms with Crippen molar-refractivity contribution in [3.8, 4) is 5.88 Å². The van der Waals surface area contributed by atoms with E-state index in [1.54, 1.807) is 15.5 Å². The van der Waals surface area contributed by atoms with Crippen LogP contribution in [0.1, 0.15) is 39.0 Å². The van der Waals surface area contributed by atoms with Crippen molar-refractivity contribution in [2.24, 2.45) is 0 Å². The van der Waals surface area contributed by atoms with Gasteiger partial charge in [-0.3, -0.25) is 4.90 Å². The number of pyridine rings is 2. The molecule has 3 aromatic heterocycles. The maximum atomic E-state index is 14.7. The zero-order chi connectivity index (χ0) is 28.1. The third-order valence-corrected chi connectivity index (χ3v) is 6.85. The highest BCUT2D eigenvalue weighted by Gasteiger charge is 2.35. The van der Waals surface area contributed by atoms with Gasteiger partial charge in [0.25, 0.3) is 0 Å². The van der Waals surface area contributed by atoms with Crippen molar-refractivity contribution in [3.63, 3.8) is 0 Å². The molecular weight excluding hydrogens is 505 g/mol. The molecule has 0 unspecified atom stereocenters. The first kappa shape index (κ1) is 26.5. The van der Waals surface area contributed by atoms with E-state index in [9.17, 15) is 14.0 Å². The number of anilines is 3. The van der Waals surface area contributed by atoms with E-state index in [1.807, 2.05) is 40.7 Å². The standard InChI is InChI=1S/C27H34FN7O4/c1-16-13-33-15-20(19(28)11-22(33)29-16)30-25(36)35-8-7-18-21(12-23(38-6)31-24(18)35)32-9-10-34(17(2)14-32)26(37)39-27(3,4)5/h11-13,15,17H,7-10,14H2,1-6H3,(H,30,36)/t17-/m0/s1. The fourth-order valence-electron chi connectivity index (χ4n) is 5.08. The number of urea groups is 1. The summed E-state index contributed by atoms with van der Waals surface area (Å²) >= 11 is 0. The zero-order valence-corrected chi connectivity index (χ0v) is 23.1. The van der Waals surface area contributed by atoms with Crippen molar-refractivity contribution in [3.05, 3.63) is 41.6 Å². The summed E-state index contributed by atoms with van der Waals surface area (Å²) in [6, 6.07) is 2.58. The number of carbonyl (C=O) groups excluding carboxylic acids is 2. The number of aromatic nitrogens is 3. The van der Waals surface area contributed by atoms with Gasteiger partial charge in [0.2, 0.25) is 5.88 Å². The van der Waals surface area contributed by atoms with Crippen LogP contribution in [0.3, 0.4) is 0 Å². The number of piperazine rings is 1. The zero-order valence-electron chi connectivity index (χ0n) is 23.1. The van der Waals surface area contributed by atoms with Crippen molar-refractivity contribution < 1.29 is 23.5 Å². The van der Waals surface area contributed by atoms with Crippen LogP contribution in [0.15, 0.2) is 24.5 Å². The number of aryl methyl sites for hydroxylation is 1. The molecule has 5 rings (SSSR count). The van der Waals surface area contributed by atoms with Crippen molar-refractivity contribution in [1.29, 1.82) is 0 Å². The predicted octanol–water partition coefficient (Wildman–Crippen LogP) is 4.23. The second-order valence-corrected chi connectivity index (χ2v) is 11.0. The quantitative estimate of drug-likeness (QED) is 0.531. The second kappa shape index (κ2) is 9.90. The number of ether oxygens (including phenoxy) is 2. The molecule has 3 amide bonds. The number of amides is 3. The summed E-state index contributed by atoms with van der Waals surface area (Å²) < 4.78 is 27.5. The van der Waals surface area contributed by atoms with E-state index in [1.165, 1.54) is 24.3 Å². The summed E-state index contributed by atoms with van der Waals surface area (Å²) in [6.45, 7) is 11.4. The fourth-order valence-corrected chi connectivity index (χ4v) is 5.08. The molecule has 0 radical (unpaired) electrons. The van der Waals surface area contributed by atoms with E-state index < -0.39 is 17.4 Å². The molecule has 2 aliphatic heterocycles. The van der Waals surface area contributed by atoms with Crippen LogP contribution in [0, 0.1) is 12.7 Å². The summed E-state index contributed by atoms with van der Waals surface area (Å²) in [5, 5.41) is 2.69. The first-order valence-corrected chi connectivity index (χ1v) is 13.0. The van der Waals surface area contributed by atoms with E-state index >= 15 is 0 Å². The molecule has 2 aliphatic rings. The molecule has 3 aromatic rings. The number of hydrogen-bond acceptors (Lipinski definition) is 7. The number of imidazole rings is 1. The summed E-state index contributed by atoms with van der Waals surface area (Å²) in [6.07, 6.45) is 3.53. The van der Waals surface area contributed by atoms with E-state index in [-0.39, 0.29) is 17.8 Å². The lowest BCUT2D eigenvalue weighted by Crippen LogP contribution is -2.55. The molecule has 1 fully saturated rings. The Bertz CT molecular complexity index is 1430. The van der Waals surface area contributed by atoms with Gasteiger partial charge in [0.05, 0.1) is 18.5 Å². The second-order valence-electron chi connectivity index (χ2n) is 11.0. The smallest absolute Gasteiger partial charge is 0.410 e. The third-order valence-electron chi connectivity index (χ3n) is 6.85. The Kier molecular flexibility index (Phi) is 6.73. The molecule has 208 valence electrons. The van der Waals surface area contributed by atoms with Crippen molar-refractivity contribution >= 4 is 35.0 Å². The first-order chi connectivity index (χ1) is 18.4. The van der Waals surface area contributed by atoms with Crippen LogP contribution in [0.2, 0.25) is 0 Å². The van der Waals surface area contributed by atoms with Gasteiger partial charge in [-0.05, 0) is 41.0 Å². The lowest BCUT2D eigenvalue weighted by Gasteiger charge is -2.41. The fraction of sp³-hybridized carbons (Fsp3) is 0.481. The van der Waals surface area contributed by atoms with Crippen LogP contribution < -0.4 is 19.9 Å². The van der Waals surface area contributed by atoms with Gasteiger partial charge < -0.3 is 29.0 Å². The number of carbonyl (C=O) groups is 2. The number of halogens is 1. The maximum Gasteiger partial charge on any atom is 0.410 e. The Labute approximate surface area is 226 Å². The summed E-state index contributed by atoms with van der Waals surface area (Å²) in [7, 11) is 1.53. The Morgan fingerprint density at radius 3 is 2.59 bits per heavy atom. The van der Waals surface area contributed by atoms with Gasteiger partial charge in [-0.25, -0.2) is 19.0 Å². The molecule has 0 saturated carbocycles. The van der Waals surface area contributed by atoms with Crippen molar-refractivity contribution in [2.45, 2.75) is 52.7 Å². The minimum Gasteiger partial charge on any atom is -0.481 e. The molecule has 11 nitrogen and oxygen atoms in total. The topological polar surface area (TPSA) is 105 Å². The van der Waals surface area contributed by atoms with Crippen LogP contribution in [-0.2, 0) is 11.2 Å². The van der Waals surface area contributed by atoms with E-state index in [4.69, 9.17) is 9.47 Å². The average Bonchev–Trinajstić information content (AvgIpc) is 3.44. The predicted molar refractivity (Wildman–Crippen MR) is 145 cm³/mol. The SMILES string of the molecule is COc1cc(N2CCN(C(=O)OC(C)(C)C)[C@@H](C)C2)c2c(n1)N(C(=O)Nc1cn3cc(C)nc3cc1F)CC2. The molecule has 39 heavy (non-hydrogen) atoms.